The number of nitrogens with zero attached hydrogens (tertiary/aromatic N) is 2. The summed E-state index contributed by atoms with van der Waals surface area (Å²) in [7, 11) is -4.26. The van der Waals surface area contributed by atoms with Gasteiger partial charge in [-0.15, -0.1) is 0 Å². The Kier molecular flexibility index (Phi) is 9.42. The minimum absolute atomic E-state index is 0.129. The van der Waals surface area contributed by atoms with E-state index >= 15 is 0 Å². The minimum Gasteiger partial charge on any atom is -0.465 e. The molecule has 5 N–H and O–H groups in total. The number of aliphatic hydroxyl groups is 2. The molecule has 2 heterocycles. The molecule has 0 spiro atoms. The molecule has 0 saturated carbocycles. The lowest BCUT2D eigenvalue weighted by molar-refractivity contribution is -0.145. The fraction of sp³-hybridized carbons (Fsp3) is 0.500. The van der Waals surface area contributed by atoms with Crippen molar-refractivity contribution in [1.29, 1.82) is 0 Å². The van der Waals surface area contributed by atoms with Crippen LogP contribution in [0.25, 0.3) is 0 Å². The van der Waals surface area contributed by atoms with E-state index < -0.39 is 56.1 Å². The van der Waals surface area contributed by atoms with Crippen molar-refractivity contribution >= 4 is 19.5 Å². The summed E-state index contributed by atoms with van der Waals surface area (Å²) in [4.78, 5) is 28.2. The van der Waals surface area contributed by atoms with Crippen molar-refractivity contribution in [1.82, 2.24) is 14.6 Å². The molecule has 1 saturated heterocycles. The van der Waals surface area contributed by atoms with Crippen LogP contribution in [0.15, 0.2) is 47.4 Å². The lowest BCUT2D eigenvalue weighted by Crippen LogP contribution is -2.46. The predicted octanol–water partition coefficient (Wildman–Crippen LogP) is 1.19. The van der Waals surface area contributed by atoms with Crippen LogP contribution in [0.1, 0.15) is 33.4 Å². The van der Waals surface area contributed by atoms with E-state index in [1.807, 2.05) is 6.92 Å². The molecule has 6 atom stereocenters. The first kappa shape index (κ1) is 28.7. The van der Waals surface area contributed by atoms with E-state index in [1.165, 1.54) is 38.2 Å². The van der Waals surface area contributed by atoms with Crippen LogP contribution in [0, 0.1) is 0 Å². The minimum atomic E-state index is -4.26. The summed E-state index contributed by atoms with van der Waals surface area (Å²) in [5.41, 5.74) is -1.13. The number of aromatic nitrogens is 2. The van der Waals surface area contributed by atoms with E-state index in [9.17, 15) is 24.4 Å². The molecule has 1 aliphatic rings. The Balaban J connectivity index is 1.78. The maximum atomic E-state index is 13.6. The second kappa shape index (κ2) is 12.1. The second-order valence-electron chi connectivity index (χ2n) is 8.53. The average molecular weight is 542 g/mol. The summed E-state index contributed by atoms with van der Waals surface area (Å²) in [5.74, 6) is -0.619. The monoisotopic (exact) mass is 542 g/mol. The highest BCUT2D eigenvalue weighted by molar-refractivity contribution is 7.52. The number of carbonyl (C=O) groups is 1. The third-order valence-electron chi connectivity index (χ3n) is 5.48. The molecular weight excluding hydrogens is 511 g/mol. The van der Waals surface area contributed by atoms with E-state index in [4.69, 9.17) is 23.7 Å². The summed E-state index contributed by atoms with van der Waals surface area (Å²) in [6.45, 7) is 4.12. The number of rotatable bonds is 12. The first-order valence-corrected chi connectivity index (χ1v) is 13.0. The molecule has 0 aliphatic carbocycles. The van der Waals surface area contributed by atoms with E-state index in [1.54, 1.807) is 23.7 Å². The van der Waals surface area contributed by atoms with E-state index in [2.05, 4.69) is 10.1 Å². The molecule has 2 unspecified atom stereocenters. The predicted molar refractivity (Wildman–Crippen MR) is 129 cm³/mol. The molecule has 1 aromatic heterocycles. The molecule has 1 aromatic carbocycles. The average Bonchev–Trinajstić information content (AvgIpc) is 3.09. The highest BCUT2D eigenvalue weighted by atomic mass is 31.2. The smallest absolute Gasteiger partial charge is 0.459 e. The summed E-state index contributed by atoms with van der Waals surface area (Å²) in [6.07, 6.45) is -2.44. The van der Waals surface area contributed by atoms with Crippen LogP contribution in [0.2, 0.25) is 0 Å². The van der Waals surface area contributed by atoms with Crippen molar-refractivity contribution in [3.8, 4) is 5.75 Å². The lowest BCUT2D eigenvalue weighted by atomic mass is 9.96. The van der Waals surface area contributed by atoms with Crippen LogP contribution in [-0.2, 0) is 23.4 Å². The molecule has 204 valence electrons. The van der Waals surface area contributed by atoms with Gasteiger partial charge in [0.05, 0.1) is 13.2 Å². The van der Waals surface area contributed by atoms with Crippen molar-refractivity contribution in [2.24, 2.45) is 0 Å². The van der Waals surface area contributed by atoms with Crippen LogP contribution in [-0.4, -0.2) is 68.0 Å². The Labute approximate surface area is 212 Å². The molecule has 0 bridgehead atoms. The van der Waals surface area contributed by atoms with Crippen LogP contribution in [0.4, 0.5) is 5.82 Å². The Hall–Kier alpha value is -2.84. The van der Waals surface area contributed by atoms with Crippen molar-refractivity contribution in [2.75, 3.05) is 18.7 Å². The first-order valence-electron chi connectivity index (χ1n) is 11.5. The fourth-order valence-corrected chi connectivity index (χ4v) is 5.03. The number of hydrogen-bond donors (Lipinski definition) is 5. The van der Waals surface area contributed by atoms with E-state index in [-0.39, 0.29) is 18.2 Å². The number of ether oxygens (including phenoxy) is 2. The van der Waals surface area contributed by atoms with Gasteiger partial charge in [-0.1, -0.05) is 25.1 Å². The Morgan fingerprint density at radius 1 is 1.32 bits per heavy atom. The van der Waals surface area contributed by atoms with Gasteiger partial charge in [-0.2, -0.15) is 10.1 Å². The van der Waals surface area contributed by atoms with Crippen molar-refractivity contribution < 1.29 is 43.3 Å². The van der Waals surface area contributed by atoms with Gasteiger partial charge in [0.25, 0.3) is 0 Å². The topological polar surface area (TPSA) is 191 Å². The van der Waals surface area contributed by atoms with Gasteiger partial charge in [0.15, 0.2) is 12.0 Å². The number of aliphatic hydroxyl groups excluding tert-OH is 1. The van der Waals surface area contributed by atoms with E-state index in [0.29, 0.717) is 6.42 Å². The number of benzene rings is 1. The highest BCUT2D eigenvalue weighted by Gasteiger charge is 2.54. The number of hydrogen-bond acceptors (Lipinski definition) is 12. The molecule has 1 fully saturated rings. The maximum Gasteiger partial charge on any atom is 0.459 e. The molecule has 3 rings (SSSR count). The Bertz CT molecular complexity index is 1160. The van der Waals surface area contributed by atoms with Crippen LogP contribution < -0.4 is 20.8 Å². The number of para-hydroxylation sites is 1. The molecule has 0 radical (unpaired) electrons. The zero-order valence-corrected chi connectivity index (χ0v) is 21.4. The highest BCUT2D eigenvalue weighted by Crippen LogP contribution is 2.46. The second-order valence-corrected chi connectivity index (χ2v) is 10.2. The van der Waals surface area contributed by atoms with Gasteiger partial charge in [0.1, 0.15) is 29.6 Å². The van der Waals surface area contributed by atoms with Crippen molar-refractivity contribution in [2.45, 2.75) is 57.3 Å². The molecule has 1 aliphatic heterocycles. The summed E-state index contributed by atoms with van der Waals surface area (Å²) >= 11 is 0. The number of nitrogens with one attached hydrogen (secondary N) is 2. The third-order valence-corrected chi connectivity index (χ3v) is 7.13. The lowest BCUT2D eigenvalue weighted by Gasteiger charge is -2.27. The van der Waals surface area contributed by atoms with Gasteiger partial charge in [-0.05, 0) is 38.5 Å². The van der Waals surface area contributed by atoms with Gasteiger partial charge >= 0.3 is 19.4 Å². The summed E-state index contributed by atoms with van der Waals surface area (Å²) in [6, 6.07) is 8.26. The zero-order valence-electron chi connectivity index (χ0n) is 20.5. The quantitative estimate of drug-likeness (QED) is 0.146. The van der Waals surface area contributed by atoms with Crippen LogP contribution in [0.5, 0.6) is 5.75 Å². The van der Waals surface area contributed by atoms with Crippen molar-refractivity contribution in [3.05, 3.63) is 53.1 Å². The number of carbonyl (C=O) groups excluding carboxylic acids is 1. The van der Waals surface area contributed by atoms with Gasteiger partial charge in [0.2, 0.25) is 0 Å². The maximum absolute atomic E-state index is 13.6. The number of esters is 1. The zero-order chi connectivity index (χ0) is 27.2. The third kappa shape index (κ3) is 6.93. The molecular formula is C22H31N4O10P. The standard InChI is InChI=1S/C22H31N4O10P/c1-4-12-33-19(28)14(2)25-37(32,36-15-8-6-5-7-9-15)34-13-16-18(27)22(3,30)20(35-16)26-11-10-17(24-31)23-21(26)29/h5-11,14,16,18,20,27,30-31H,4,12-13H2,1-3H3,(H,25,32)(H,23,24,29)/t14-,16+,18?,20+,22+,37?/m0/s1. The summed E-state index contributed by atoms with van der Waals surface area (Å²) in [5, 5.41) is 33.1. The van der Waals surface area contributed by atoms with E-state index in [0.717, 1.165) is 4.57 Å². The molecule has 0 amide bonds. The molecule has 14 nitrogen and oxygen atoms in total. The first-order chi connectivity index (χ1) is 17.5. The van der Waals surface area contributed by atoms with Crippen LogP contribution in [0.3, 0.4) is 0 Å². The van der Waals surface area contributed by atoms with Crippen molar-refractivity contribution in [3.63, 3.8) is 0 Å². The number of anilines is 1. The largest absolute Gasteiger partial charge is 0.465 e. The van der Waals surface area contributed by atoms with Gasteiger partial charge in [-0.3, -0.25) is 24.6 Å². The SMILES string of the molecule is CCCOC(=O)[C@H](C)NP(=O)(OC[C@H]1O[C@@H](n2ccc(NO)nc2=O)[C@](C)(O)C1O)Oc1ccccc1. The van der Waals surface area contributed by atoms with Gasteiger partial charge < -0.3 is 24.2 Å². The molecule has 2 aromatic rings. The molecule has 15 heteroatoms. The van der Waals surface area contributed by atoms with Gasteiger partial charge in [-0.25, -0.2) is 9.36 Å². The Morgan fingerprint density at radius 3 is 2.65 bits per heavy atom. The Morgan fingerprint density at radius 2 is 2.03 bits per heavy atom. The fourth-order valence-electron chi connectivity index (χ4n) is 3.53. The van der Waals surface area contributed by atoms with Gasteiger partial charge in [0, 0.05) is 6.20 Å². The summed E-state index contributed by atoms with van der Waals surface area (Å²) < 4.78 is 36.4. The normalized spacial score (nSPS) is 25.7. The molecule has 37 heavy (non-hydrogen) atoms. The van der Waals surface area contributed by atoms with Crippen LogP contribution >= 0.6 is 7.75 Å².